The summed E-state index contributed by atoms with van der Waals surface area (Å²) in [6.07, 6.45) is 4.69. The van der Waals surface area contributed by atoms with Gasteiger partial charge in [0, 0.05) is 38.3 Å². The highest BCUT2D eigenvalue weighted by molar-refractivity contribution is 7.89. The number of hydrogen-bond acceptors (Lipinski definition) is 5. The van der Waals surface area contributed by atoms with Crippen molar-refractivity contribution in [3.63, 3.8) is 0 Å². The Morgan fingerprint density at radius 2 is 1.90 bits per heavy atom. The molecule has 1 aromatic carbocycles. The molecule has 164 valence electrons. The Balaban J connectivity index is 1.55. The lowest BCUT2D eigenvalue weighted by atomic mass is 10.1. The molecule has 31 heavy (non-hydrogen) atoms. The lowest BCUT2D eigenvalue weighted by molar-refractivity contribution is -0.125. The molecule has 4 rings (SSSR count). The fourth-order valence-corrected chi connectivity index (χ4v) is 5.81. The molecule has 1 atom stereocenters. The average Bonchev–Trinajstić information content (AvgIpc) is 3.18. The molecule has 8 nitrogen and oxygen atoms in total. The van der Waals surface area contributed by atoms with Crippen molar-refractivity contribution < 1.29 is 18.0 Å². The second-order valence-electron chi connectivity index (χ2n) is 7.90. The first-order chi connectivity index (χ1) is 14.9. The summed E-state index contributed by atoms with van der Waals surface area (Å²) < 4.78 is 27.6. The van der Waals surface area contributed by atoms with Crippen molar-refractivity contribution in [3.8, 4) is 0 Å². The van der Waals surface area contributed by atoms with Gasteiger partial charge in [-0.1, -0.05) is 12.5 Å². The highest BCUT2D eigenvalue weighted by Crippen LogP contribution is 2.35. The zero-order chi connectivity index (χ0) is 22.0. The SMILES string of the molecule is CC(=O)N1c2ccc(S(=O)(=O)N3CCCCC3)cc2C[C@H]1C(=O)NCc1ccccn1. The van der Waals surface area contributed by atoms with Crippen LogP contribution in [0, 0.1) is 0 Å². The van der Waals surface area contributed by atoms with Crippen LogP contribution in [0.3, 0.4) is 0 Å². The summed E-state index contributed by atoms with van der Waals surface area (Å²) in [5.41, 5.74) is 1.99. The Labute approximate surface area is 182 Å². The van der Waals surface area contributed by atoms with Gasteiger partial charge in [0.2, 0.25) is 21.8 Å². The molecule has 1 saturated heterocycles. The summed E-state index contributed by atoms with van der Waals surface area (Å²) in [6.45, 7) is 2.72. The third kappa shape index (κ3) is 4.33. The van der Waals surface area contributed by atoms with E-state index in [0.29, 0.717) is 24.3 Å². The molecule has 0 bridgehead atoms. The number of anilines is 1. The van der Waals surface area contributed by atoms with Crippen LogP contribution < -0.4 is 10.2 Å². The number of rotatable bonds is 5. The van der Waals surface area contributed by atoms with E-state index in [4.69, 9.17) is 0 Å². The van der Waals surface area contributed by atoms with Crippen LogP contribution >= 0.6 is 0 Å². The standard InChI is InChI=1S/C22H26N4O4S/c1-16(27)26-20-9-8-19(31(29,30)25-11-5-2-6-12-25)13-17(20)14-21(26)22(28)24-15-18-7-3-4-10-23-18/h3-4,7-10,13,21H,2,5-6,11-12,14-15H2,1H3,(H,24,28)/t21-/m0/s1. The number of amides is 2. The number of pyridine rings is 1. The quantitative estimate of drug-likeness (QED) is 0.762. The van der Waals surface area contributed by atoms with Crippen molar-refractivity contribution in [2.75, 3.05) is 18.0 Å². The van der Waals surface area contributed by atoms with Gasteiger partial charge in [-0.15, -0.1) is 0 Å². The number of piperidine rings is 1. The lowest BCUT2D eigenvalue weighted by Crippen LogP contribution is -2.47. The van der Waals surface area contributed by atoms with Gasteiger partial charge in [-0.05, 0) is 48.7 Å². The topological polar surface area (TPSA) is 99.7 Å². The average molecular weight is 443 g/mol. The van der Waals surface area contributed by atoms with Crippen LogP contribution in [0.25, 0.3) is 0 Å². The van der Waals surface area contributed by atoms with E-state index in [1.165, 1.54) is 22.2 Å². The number of aromatic nitrogens is 1. The van der Waals surface area contributed by atoms with Crippen LogP contribution in [-0.4, -0.2) is 48.7 Å². The first-order valence-electron chi connectivity index (χ1n) is 10.5. The molecule has 2 amide bonds. The highest BCUT2D eigenvalue weighted by atomic mass is 32.2. The minimum absolute atomic E-state index is 0.214. The smallest absolute Gasteiger partial charge is 0.243 e. The number of fused-ring (bicyclic) bond motifs is 1. The van der Waals surface area contributed by atoms with Crippen LogP contribution in [0.4, 0.5) is 5.69 Å². The van der Waals surface area contributed by atoms with Gasteiger partial charge in [0.25, 0.3) is 0 Å². The predicted molar refractivity (Wildman–Crippen MR) is 116 cm³/mol. The zero-order valence-electron chi connectivity index (χ0n) is 17.5. The van der Waals surface area contributed by atoms with Gasteiger partial charge in [0.1, 0.15) is 6.04 Å². The van der Waals surface area contributed by atoms with Gasteiger partial charge in [0.15, 0.2) is 0 Å². The Bertz CT molecular complexity index is 1080. The first kappa shape index (κ1) is 21.5. The van der Waals surface area contributed by atoms with E-state index in [1.54, 1.807) is 24.4 Å². The molecule has 2 aliphatic heterocycles. The van der Waals surface area contributed by atoms with Crippen molar-refractivity contribution in [1.29, 1.82) is 0 Å². The summed E-state index contributed by atoms with van der Waals surface area (Å²) >= 11 is 0. The minimum Gasteiger partial charge on any atom is -0.349 e. The van der Waals surface area contributed by atoms with Crippen molar-refractivity contribution >= 4 is 27.5 Å². The van der Waals surface area contributed by atoms with E-state index >= 15 is 0 Å². The molecule has 3 heterocycles. The number of nitrogens with zero attached hydrogens (tertiary/aromatic N) is 3. The summed E-state index contributed by atoms with van der Waals surface area (Å²) in [7, 11) is -3.58. The van der Waals surface area contributed by atoms with E-state index in [1.807, 2.05) is 12.1 Å². The summed E-state index contributed by atoms with van der Waals surface area (Å²) in [5.74, 6) is -0.555. The van der Waals surface area contributed by atoms with E-state index < -0.39 is 16.1 Å². The molecule has 0 radical (unpaired) electrons. The maximum absolute atomic E-state index is 13.0. The van der Waals surface area contributed by atoms with Crippen molar-refractivity contribution in [2.24, 2.45) is 0 Å². The largest absolute Gasteiger partial charge is 0.349 e. The molecule has 1 aromatic heterocycles. The van der Waals surface area contributed by atoms with Crippen LogP contribution in [0.15, 0.2) is 47.5 Å². The molecule has 0 saturated carbocycles. The number of carbonyl (C=O) groups excluding carboxylic acids is 2. The normalized spacial score (nSPS) is 19.1. The highest BCUT2D eigenvalue weighted by Gasteiger charge is 2.38. The van der Waals surface area contributed by atoms with Crippen molar-refractivity contribution in [1.82, 2.24) is 14.6 Å². The number of sulfonamides is 1. The number of hydrogen-bond donors (Lipinski definition) is 1. The Morgan fingerprint density at radius 3 is 2.58 bits per heavy atom. The molecule has 1 fully saturated rings. The predicted octanol–water partition coefficient (Wildman–Crippen LogP) is 1.85. The van der Waals surface area contributed by atoms with Gasteiger partial charge in [-0.2, -0.15) is 4.31 Å². The fraction of sp³-hybridized carbons (Fsp3) is 0.409. The maximum Gasteiger partial charge on any atom is 0.243 e. The molecule has 2 aliphatic rings. The second-order valence-corrected chi connectivity index (χ2v) is 9.84. The molecule has 0 aliphatic carbocycles. The minimum atomic E-state index is -3.58. The van der Waals surface area contributed by atoms with Crippen LogP contribution in [0.1, 0.15) is 37.4 Å². The monoisotopic (exact) mass is 442 g/mol. The summed E-state index contributed by atoms with van der Waals surface area (Å²) in [6, 6.07) is 9.51. The third-order valence-corrected chi connectivity index (χ3v) is 7.69. The third-order valence-electron chi connectivity index (χ3n) is 5.80. The summed E-state index contributed by atoms with van der Waals surface area (Å²) in [4.78, 5) is 31.1. The molecule has 9 heteroatoms. The molecular formula is C22H26N4O4S. The van der Waals surface area contributed by atoms with Gasteiger partial charge >= 0.3 is 0 Å². The van der Waals surface area contributed by atoms with Crippen molar-refractivity contribution in [3.05, 3.63) is 53.9 Å². The number of nitrogens with one attached hydrogen (secondary N) is 1. The fourth-order valence-electron chi connectivity index (χ4n) is 4.24. The van der Waals surface area contributed by atoms with Crippen LogP contribution in [-0.2, 0) is 32.6 Å². The zero-order valence-corrected chi connectivity index (χ0v) is 18.3. The Kier molecular flexibility index (Phi) is 6.06. The Hall–Kier alpha value is -2.78. The van der Waals surface area contributed by atoms with E-state index in [2.05, 4.69) is 10.3 Å². The van der Waals surface area contributed by atoms with Gasteiger partial charge < -0.3 is 5.32 Å². The van der Waals surface area contributed by atoms with Gasteiger partial charge in [0.05, 0.1) is 17.1 Å². The first-order valence-corrected chi connectivity index (χ1v) is 11.9. The van der Waals surface area contributed by atoms with E-state index in [-0.39, 0.29) is 29.7 Å². The number of carbonyl (C=O) groups is 2. The molecular weight excluding hydrogens is 416 g/mol. The van der Waals surface area contributed by atoms with Crippen molar-refractivity contribution in [2.45, 2.75) is 50.1 Å². The maximum atomic E-state index is 13.0. The lowest BCUT2D eigenvalue weighted by Gasteiger charge is -2.26. The second kappa shape index (κ2) is 8.76. The van der Waals surface area contributed by atoms with E-state index in [9.17, 15) is 18.0 Å². The van der Waals surface area contributed by atoms with E-state index in [0.717, 1.165) is 25.0 Å². The molecule has 1 N–H and O–H groups in total. The summed E-state index contributed by atoms with van der Waals surface area (Å²) in [5, 5.41) is 2.84. The molecule has 0 spiro atoms. The molecule has 2 aromatic rings. The number of benzene rings is 1. The van der Waals surface area contributed by atoms with Gasteiger partial charge in [-0.25, -0.2) is 8.42 Å². The van der Waals surface area contributed by atoms with Gasteiger partial charge in [-0.3, -0.25) is 19.5 Å². The van der Waals surface area contributed by atoms with Crippen LogP contribution in [0.2, 0.25) is 0 Å². The molecule has 0 unspecified atom stereocenters. The Morgan fingerprint density at radius 1 is 1.13 bits per heavy atom. The van der Waals surface area contributed by atoms with Crippen LogP contribution in [0.5, 0.6) is 0 Å².